The molecule has 2 aliphatic rings. The summed E-state index contributed by atoms with van der Waals surface area (Å²) in [6.07, 6.45) is -1.38. The number of carbonyl (C=O) groups excluding carboxylic acids is 5. The summed E-state index contributed by atoms with van der Waals surface area (Å²) in [5, 5.41) is 0. The van der Waals surface area contributed by atoms with Crippen LogP contribution in [-0.4, -0.2) is 80.9 Å². The van der Waals surface area contributed by atoms with Crippen LogP contribution in [0, 0.1) is 6.92 Å². The lowest BCUT2D eigenvalue weighted by atomic mass is 10.1. The van der Waals surface area contributed by atoms with Crippen LogP contribution >= 0.6 is 0 Å². The maximum atomic E-state index is 12.9. The third kappa shape index (κ3) is 9.52. The smallest absolute Gasteiger partial charge is 0.463 e. The summed E-state index contributed by atoms with van der Waals surface area (Å²) >= 11 is 0. The molecule has 3 aromatic carbocycles. The molecule has 2 saturated heterocycles. The molecule has 5 rings (SSSR count). The van der Waals surface area contributed by atoms with Crippen LogP contribution in [0.5, 0.6) is 11.5 Å². The quantitative estimate of drug-likeness (QED) is 0.0609. The highest BCUT2D eigenvalue weighted by molar-refractivity contribution is 5.92. The fraction of sp³-hybridized carbons (Fsp3) is 0.306. The van der Waals surface area contributed by atoms with E-state index in [1.165, 1.54) is 48.5 Å². The number of ether oxygens (including phenoxy) is 8. The van der Waals surface area contributed by atoms with Crippen molar-refractivity contribution in [2.75, 3.05) is 26.4 Å². The third-order valence-corrected chi connectivity index (χ3v) is 7.53. The molecule has 49 heavy (non-hydrogen) atoms. The molecule has 0 amide bonds. The second-order valence-corrected chi connectivity index (χ2v) is 11.1. The van der Waals surface area contributed by atoms with Crippen molar-refractivity contribution in [3.05, 3.63) is 108 Å². The van der Waals surface area contributed by atoms with Crippen molar-refractivity contribution >= 4 is 30.0 Å². The molecule has 0 aliphatic carbocycles. The van der Waals surface area contributed by atoms with Crippen molar-refractivity contribution in [1.29, 1.82) is 0 Å². The summed E-state index contributed by atoms with van der Waals surface area (Å²) in [5.74, 6) is -1.96. The summed E-state index contributed by atoms with van der Waals surface area (Å²) in [5.41, 5.74) is 1.85. The van der Waals surface area contributed by atoms with E-state index in [4.69, 9.17) is 37.9 Å². The molecule has 13 nitrogen and oxygen atoms in total. The van der Waals surface area contributed by atoms with Gasteiger partial charge in [0.05, 0.1) is 43.1 Å². The van der Waals surface area contributed by atoms with Crippen molar-refractivity contribution in [2.45, 2.75) is 44.2 Å². The summed E-state index contributed by atoms with van der Waals surface area (Å²) < 4.78 is 43.1. The molecule has 13 heteroatoms. The molecule has 0 saturated carbocycles. The molecular weight excluding hydrogens is 640 g/mol. The van der Waals surface area contributed by atoms with Crippen molar-refractivity contribution in [1.82, 2.24) is 0 Å². The molecule has 3 aromatic rings. The van der Waals surface area contributed by atoms with Crippen LogP contribution in [0.25, 0.3) is 0 Å². The van der Waals surface area contributed by atoms with Crippen molar-refractivity contribution < 1.29 is 61.9 Å². The van der Waals surface area contributed by atoms with Crippen molar-refractivity contribution in [3.8, 4) is 11.5 Å². The molecule has 2 heterocycles. The standard InChI is InChI=1S/C36H34O13/c1-3-30(37)42-18-4-5-19-43-36(41)47-27-16-12-24(13-17-27)33(38)46-26-14-10-25(11-15-26)35(40)49-29-21-45-31-28(20-44-32(29)31)48-34(39)23-8-6-22(2)7-9-23/h3,6-17,28-29,31-32H,1,4-5,18-21H2,2H3/t28-,29-,31?,32?/m0/s1. The number of esters is 4. The van der Waals surface area contributed by atoms with Crippen LogP contribution in [0.15, 0.2) is 85.5 Å². The lowest BCUT2D eigenvalue weighted by Crippen LogP contribution is -2.36. The van der Waals surface area contributed by atoms with Crippen LogP contribution in [0.3, 0.4) is 0 Å². The highest BCUT2D eigenvalue weighted by Crippen LogP contribution is 2.31. The van der Waals surface area contributed by atoms with E-state index in [1.54, 1.807) is 12.1 Å². The van der Waals surface area contributed by atoms with E-state index in [2.05, 4.69) is 6.58 Å². The van der Waals surface area contributed by atoms with Gasteiger partial charge in [-0.2, -0.15) is 0 Å². The van der Waals surface area contributed by atoms with E-state index in [0.29, 0.717) is 18.4 Å². The van der Waals surface area contributed by atoms with Crippen LogP contribution < -0.4 is 9.47 Å². The number of hydrogen-bond acceptors (Lipinski definition) is 13. The van der Waals surface area contributed by atoms with Crippen LogP contribution in [-0.2, 0) is 33.2 Å². The highest BCUT2D eigenvalue weighted by atomic mass is 16.7. The fourth-order valence-electron chi connectivity index (χ4n) is 4.93. The molecule has 4 atom stereocenters. The van der Waals surface area contributed by atoms with Gasteiger partial charge >= 0.3 is 30.0 Å². The van der Waals surface area contributed by atoms with Gasteiger partial charge in [0, 0.05) is 6.08 Å². The number of aryl methyl sites for hydroxylation is 1. The highest BCUT2D eigenvalue weighted by Gasteiger charge is 2.51. The predicted molar refractivity (Wildman–Crippen MR) is 169 cm³/mol. The van der Waals surface area contributed by atoms with Crippen LogP contribution in [0.2, 0.25) is 0 Å². The van der Waals surface area contributed by atoms with Gasteiger partial charge in [0.1, 0.15) is 23.7 Å². The number of benzene rings is 3. The summed E-state index contributed by atoms with van der Waals surface area (Å²) in [7, 11) is 0. The number of carbonyl (C=O) groups is 5. The Kier molecular flexibility index (Phi) is 11.7. The van der Waals surface area contributed by atoms with Gasteiger partial charge in [-0.15, -0.1) is 0 Å². The molecule has 0 bridgehead atoms. The van der Waals surface area contributed by atoms with E-state index in [1.807, 2.05) is 19.1 Å². The van der Waals surface area contributed by atoms with E-state index in [0.717, 1.165) is 11.6 Å². The van der Waals surface area contributed by atoms with Gasteiger partial charge in [0.2, 0.25) is 0 Å². The average Bonchev–Trinajstić information content (AvgIpc) is 3.69. The summed E-state index contributed by atoms with van der Waals surface area (Å²) in [6, 6.07) is 18.5. The number of unbranched alkanes of at least 4 members (excludes halogenated alkanes) is 1. The zero-order valence-corrected chi connectivity index (χ0v) is 26.6. The Labute approximate surface area is 281 Å². The van der Waals surface area contributed by atoms with Gasteiger partial charge in [0.25, 0.3) is 0 Å². The minimum absolute atomic E-state index is 0.0736. The number of rotatable bonds is 13. The first-order valence-corrected chi connectivity index (χ1v) is 15.5. The van der Waals surface area contributed by atoms with Gasteiger partial charge in [-0.25, -0.2) is 24.0 Å². The first-order chi connectivity index (χ1) is 23.7. The molecule has 256 valence electrons. The molecule has 2 aliphatic heterocycles. The largest absolute Gasteiger partial charge is 0.513 e. The predicted octanol–water partition coefficient (Wildman–Crippen LogP) is 4.79. The zero-order valence-electron chi connectivity index (χ0n) is 26.6. The van der Waals surface area contributed by atoms with Gasteiger partial charge in [0.15, 0.2) is 12.2 Å². The first kappa shape index (κ1) is 34.8. The molecule has 0 aromatic heterocycles. The summed E-state index contributed by atoms with van der Waals surface area (Å²) in [4.78, 5) is 60.9. The van der Waals surface area contributed by atoms with Gasteiger partial charge < -0.3 is 37.9 Å². The van der Waals surface area contributed by atoms with Crippen LogP contribution in [0.1, 0.15) is 49.5 Å². The van der Waals surface area contributed by atoms with Gasteiger partial charge in [-0.1, -0.05) is 24.3 Å². The zero-order chi connectivity index (χ0) is 34.8. The SMILES string of the molecule is C=CC(=O)OCCCCOC(=O)Oc1ccc(C(=O)Oc2ccc(C(=O)O[C@H]3COC4C3OC[C@@H]4OC(=O)c3ccc(C)cc3)cc2)cc1. The Bertz CT molecular complexity index is 1650. The second-order valence-electron chi connectivity index (χ2n) is 11.1. The minimum Gasteiger partial charge on any atom is -0.463 e. The molecule has 0 N–H and O–H groups in total. The van der Waals surface area contributed by atoms with Crippen molar-refractivity contribution in [2.24, 2.45) is 0 Å². The average molecular weight is 675 g/mol. The number of fused-ring (bicyclic) bond motifs is 1. The Morgan fingerprint density at radius 2 is 1.10 bits per heavy atom. The maximum absolute atomic E-state index is 12.9. The van der Waals surface area contributed by atoms with Gasteiger partial charge in [-0.3, -0.25) is 0 Å². The van der Waals surface area contributed by atoms with E-state index in [-0.39, 0.29) is 49.1 Å². The Hall–Kier alpha value is -5.53. The number of hydrogen-bond donors (Lipinski definition) is 0. The Morgan fingerprint density at radius 3 is 1.61 bits per heavy atom. The van der Waals surface area contributed by atoms with Gasteiger partial charge in [-0.05, 0) is 80.4 Å². The van der Waals surface area contributed by atoms with E-state index in [9.17, 15) is 24.0 Å². The molecule has 2 unspecified atom stereocenters. The lowest BCUT2D eigenvalue weighted by molar-refractivity contribution is -0.137. The molecular formula is C36H34O13. The van der Waals surface area contributed by atoms with E-state index >= 15 is 0 Å². The second kappa shape index (κ2) is 16.5. The topological polar surface area (TPSA) is 159 Å². The molecule has 0 spiro atoms. The Balaban J connectivity index is 1.03. The maximum Gasteiger partial charge on any atom is 0.513 e. The first-order valence-electron chi connectivity index (χ1n) is 15.5. The molecule has 2 fully saturated rings. The molecule has 0 radical (unpaired) electrons. The minimum atomic E-state index is -0.920. The van der Waals surface area contributed by atoms with E-state index < -0.39 is 54.4 Å². The lowest BCUT2D eigenvalue weighted by Gasteiger charge is -2.17. The fourth-order valence-corrected chi connectivity index (χ4v) is 4.93. The summed E-state index contributed by atoms with van der Waals surface area (Å²) in [6.45, 7) is 5.67. The third-order valence-electron chi connectivity index (χ3n) is 7.53. The van der Waals surface area contributed by atoms with Crippen molar-refractivity contribution in [3.63, 3.8) is 0 Å². The Morgan fingerprint density at radius 1 is 0.653 bits per heavy atom. The van der Waals surface area contributed by atoms with Crippen LogP contribution in [0.4, 0.5) is 4.79 Å². The normalized spacial score (nSPS) is 19.2. The monoisotopic (exact) mass is 674 g/mol.